The second-order valence-corrected chi connectivity index (χ2v) is 5.26. The molecule has 1 aromatic heterocycles. The first-order valence-corrected chi connectivity index (χ1v) is 7.48. The zero-order valence-corrected chi connectivity index (χ0v) is 13.3. The molecule has 2 heterocycles. The van der Waals surface area contributed by atoms with Gasteiger partial charge in [-0.2, -0.15) is 0 Å². The fourth-order valence-corrected chi connectivity index (χ4v) is 1.98. The van der Waals surface area contributed by atoms with E-state index >= 15 is 0 Å². The Balaban J connectivity index is 1.64. The number of carbonyl (C=O) groups is 1. The van der Waals surface area contributed by atoms with E-state index in [0.29, 0.717) is 30.3 Å². The summed E-state index contributed by atoms with van der Waals surface area (Å²) in [7, 11) is 0. The van der Waals surface area contributed by atoms with Crippen LogP contribution in [-0.4, -0.2) is 35.4 Å². The van der Waals surface area contributed by atoms with E-state index in [0.717, 1.165) is 0 Å². The molecule has 1 aromatic carbocycles. The van der Waals surface area contributed by atoms with E-state index in [1.54, 1.807) is 24.3 Å². The second-order valence-electron chi connectivity index (χ2n) is 5.26. The lowest BCUT2D eigenvalue weighted by atomic mass is 10.2. The number of nitrogens with zero attached hydrogens (tertiary/aromatic N) is 2. The minimum absolute atomic E-state index is 0.0208. The average Bonchev–Trinajstić information content (AvgIpc) is 3.04. The van der Waals surface area contributed by atoms with Crippen LogP contribution in [0.2, 0.25) is 0 Å². The van der Waals surface area contributed by atoms with Gasteiger partial charge in [-0.05, 0) is 38.1 Å². The van der Waals surface area contributed by atoms with Crippen molar-refractivity contribution in [3.8, 4) is 5.75 Å². The molecule has 0 bridgehead atoms. The number of aromatic nitrogens is 2. The van der Waals surface area contributed by atoms with Gasteiger partial charge in [0.25, 0.3) is 11.8 Å². The number of anilines is 1. The van der Waals surface area contributed by atoms with Gasteiger partial charge < -0.3 is 18.6 Å². The van der Waals surface area contributed by atoms with Gasteiger partial charge in [0, 0.05) is 5.56 Å². The van der Waals surface area contributed by atoms with Gasteiger partial charge in [0.15, 0.2) is 0 Å². The van der Waals surface area contributed by atoms with Gasteiger partial charge in [-0.1, -0.05) is 5.10 Å². The molecule has 8 heteroatoms. The minimum Gasteiger partial charge on any atom is -0.494 e. The van der Waals surface area contributed by atoms with Crippen molar-refractivity contribution in [2.75, 3.05) is 18.5 Å². The van der Waals surface area contributed by atoms with Crippen LogP contribution in [-0.2, 0) is 9.47 Å². The third-order valence-electron chi connectivity index (χ3n) is 2.99. The van der Waals surface area contributed by atoms with Gasteiger partial charge in [-0.25, -0.2) is 0 Å². The van der Waals surface area contributed by atoms with Crippen LogP contribution in [0.15, 0.2) is 34.9 Å². The Kier molecular flexibility index (Phi) is 4.64. The van der Waals surface area contributed by atoms with Crippen molar-refractivity contribution in [1.29, 1.82) is 0 Å². The average molecular weight is 331 g/mol. The van der Waals surface area contributed by atoms with Gasteiger partial charge in [0.1, 0.15) is 25.2 Å². The molecule has 1 N–H and O–H groups in total. The molecule has 0 unspecified atom stereocenters. The summed E-state index contributed by atoms with van der Waals surface area (Å²) in [5.74, 6) is 0.814. The Hall–Kier alpha value is -3.03. The lowest BCUT2D eigenvalue weighted by molar-refractivity contribution is 0.102. The third-order valence-corrected chi connectivity index (χ3v) is 2.99. The zero-order valence-electron chi connectivity index (χ0n) is 13.3. The standard InChI is InChI=1S/C16H17N3O5/c1-10(2)23-12-5-3-11(4-6-12)14(20)17-16-19-18-15(24-16)13-9-21-7-8-22-13/h3-6,9-10H,7-8H2,1-2H3,(H,17,19,20). The molecule has 1 amide bonds. The first-order chi connectivity index (χ1) is 11.6. The molecule has 0 radical (unpaired) electrons. The maximum Gasteiger partial charge on any atom is 0.322 e. The summed E-state index contributed by atoms with van der Waals surface area (Å²) >= 11 is 0. The molecule has 0 aliphatic carbocycles. The lowest BCUT2D eigenvalue weighted by Gasteiger charge is -2.11. The molecule has 0 atom stereocenters. The van der Waals surface area contributed by atoms with E-state index in [2.05, 4.69) is 15.5 Å². The van der Waals surface area contributed by atoms with Gasteiger partial charge >= 0.3 is 6.01 Å². The summed E-state index contributed by atoms with van der Waals surface area (Å²) in [6.45, 7) is 4.74. The molecule has 1 aliphatic rings. The highest BCUT2D eigenvalue weighted by Gasteiger charge is 2.17. The van der Waals surface area contributed by atoms with Crippen LogP contribution < -0.4 is 10.1 Å². The Morgan fingerprint density at radius 1 is 1.21 bits per heavy atom. The van der Waals surface area contributed by atoms with Crippen molar-refractivity contribution in [2.45, 2.75) is 20.0 Å². The van der Waals surface area contributed by atoms with E-state index in [-0.39, 0.29) is 23.9 Å². The Bertz CT molecular complexity index is 736. The molecule has 0 spiro atoms. The molecule has 8 nitrogen and oxygen atoms in total. The van der Waals surface area contributed by atoms with Crippen LogP contribution in [0.25, 0.3) is 5.76 Å². The molecule has 2 aromatic rings. The predicted molar refractivity (Wildman–Crippen MR) is 84.3 cm³/mol. The maximum absolute atomic E-state index is 12.2. The monoisotopic (exact) mass is 331 g/mol. The highest BCUT2D eigenvalue weighted by molar-refractivity contribution is 6.03. The van der Waals surface area contributed by atoms with Crippen LogP contribution in [0.3, 0.4) is 0 Å². The highest BCUT2D eigenvalue weighted by Crippen LogP contribution is 2.20. The van der Waals surface area contributed by atoms with Gasteiger partial charge in [-0.15, -0.1) is 5.10 Å². The summed E-state index contributed by atoms with van der Waals surface area (Å²) < 4.78 is 21.3. The summed E-state index contributed by atoms with van der Waals surface area (Å²) in [5, 5.41) is 10.1. The van der Waals surface area contributed by atoms with Crippen LogP contribution in [0.5, 0.6) is 5.75 Å². The molecule has 0 saturated heterocycles. The summed E-state index contributed by atoms with van der Waals surface area (Å²) in [5.41, 5.74) is 0.447. The third kappa shape index (κ3) is 3.83. The van der Waals surface area contributed by atoms with E-state index < -0.39 is 0 Å². The quantitative estimate of drug-likeness (QED) is 0.899. The van der Waals surface area contributed by atoms with Crippen molar-refractivity contribution in [3.05, 3.63) is 42.0 Å². The van der Waals surface area contributed by atoms with Crippen LogP contribution in [0, 0.1) is 0 Å². The molecular weight excluding hydrogens is 314 g/mol. The largest absolute Gasteiger partial charge is 0.494 e. The topological polar surface area (TPSA) is 95.7 Å². The number of benzene rings is 1. The van der Waals surface area contributed by atoms with E-state index in [1.165, 1.54) is 6.26 Å². The first-order valence-electron chi connectivity index (χ1n) is 7.48. The molecular formula is C16H17N3O5. The van der Waals surface area contributed by atoms with Crippen molar-refractivity contribution in [3.63, 3.8) is 0 Å². The minimum atomic E-state index is -0.365. The Morgan fingerprint density at radius 2 is 2.00 bits per heavy atom. The second kappa shape index (κ2) is 7.03. The molecule has 0 saturated carbocycles. The van der Waals surface area contributed by atoms with E-state index in [9.17, 15) is 4.79 Å². The van der Waals surface area contributed by atoms with E-state index in [4.69, 9.17) is 18.6 Å². The number of rotatable bonds is 5. The summed E-state index contributed by atoms with van der Waals surface area (Å²) in [6, 6.07) is 6.75. The van der Waals surface area contributed by atoms with Crippen LogP contribution in [0.1, 0.15) is 30.1 Å². The zero-order chi connectivity index (χ0) is 16.9. The van der Waals surface area contributed by atoms with Crippen molar-refractivity contribution in [1.82, 2.24) is 10.2 Å². The SMILES string of the molecule is CC(C)Oc1ccc(C(=O)Nc2nnc(C3=COCCO3)o2)cc1. The van der Waals surface area contributed by atoms with Gasteiger partial charge in [0.05, 0.1) is 6.10 Å². The number of nitrogens with one attached hydrogen (secondary N) is 1. The number of carbonyl (C=O) groups excluding carboxylic acids is 1. The smallest absolute Gasteiger partial charge is 0.322 e. The van der Waals surface area contributed by atoms with Crippen molar-refractivity contribution in [2.24, 2.45) is 0 Å². The van der Waals surface area contributed by atoms with Gasteiger partial charge in [0.2, 0.25) is 5.76 Å². The molecule has 126 valence electrons. The molecule has 3 rings (SSSR count). The molecule has 1 aliphatic heterocycles. The van der Waals surface area contributed by atoms with Gasteiger partial charge in [-0.3, -0.25) is 10.1 Å². The van der Waals surface area contributed by atoms with Crippen molar-refractivity contribution < 1.29 is 23.4 Å². The van der Waals surface area contributed by atoms with Crippen LogP contribution in [0.4, 0.5) is 6.01 Å². The predicted octanol–water partition coefficient (Wildman–Crippen LogP) is 2.45. The molecule has 24 heavy (non-hydrogen) atoms. The number of amides is 1. The number of hydrogen-bond acceptors (Lipinski definition) is 7. The Morgan fingerprint density at radius 3 is 2.67 bits per heavy atom. The normalized spacial score (nSPS) is 13.7. The fourth-order valence-electron chi connectivity index (χ4n) is 1.98. The maximum atomic E-state index is 12.2. The number of ether oxygens (including phenoxy) is 3. The van der Waals surface area contributed by atoms with E-state index in [1.807, 2.05) is 13.8 Å². The highest BCUT2D eigenvalue weighted by atomic mass is 16.6. The van der Waals surface area contributed by atoms with Crippen molar-refractivity contribution >= 4 is 17.7 Å². The fraction of sp³-hybridized carbons (Fsp3) is 0.312. The molecule has 0 fully saturated rings. The van der Waals surface area contributed by atoms with Crippen LogP contribution >= 0.6 is 0 Å². The summed E-state index contributed by atoms with van der Waals surface area (Å²) in [6.07, 6.45) is 1.47. The summed E-state index contributed by atoms with van der Waals surface area (Å²) in [4.78, 5) is 12.2. The lowest BCUT2D eigenvalue weighted by Crippen LogP contribution is -2.12. The Labute approximate surface area is 138 Å². The first kappa shape index (κ1) is 15.9. The number of hydrogen-bond donors (Lipinski definition) is 1.